The number of nitrogens with zero attached hydrogens (tertiary/aromatic N) is 1. The number of carbonyl (C=O) groups excluding carboxylic acids is 1. The van der Waals surface area contributed by atoms with Crippen molar-refractivity contribution >= 4 is 21.4 Å². The van der Waals surface area contributed by atoms with Crippen LogP contribution in [0.3, 0.4) is 0 Å². The summed E-state index contributed by atoms with van der Waals surface area (Å²) in [6.45, 7) is 3.45. The van der Waals surface area contributed by atoms with Crippen LogP contribution in [-0.4, -0.2) is 50.9 Å². The number of anilines is 1. The molecule has 5 nitrogen and oxygen atoms in total. The summed E-state index contributed by atoms with van der Waals surface area (Å²) in [5.74, 6) is 0.135. The summed E-state index contributed by atoms with van der Waals surface area (Å²) < 4.78 is 23.1. The predicted octanol–water partition coefficient (Wildman–Crippen LogP) is 1.62. The highest BCUT2D eigenvalue weighted by molar-refractivity contribution is 7.91. The minimum atomic E-state index is -3.02. The molecule has 1 aromatic carbocycles. The standard InChI is InChI=1S/C14H22N2O3S/c1-5-20(18,19)10-11(2)15-13-8-6-7-12(9-13)14(17)16(3)4/h6-9,11,15H,5,10H2,1-4H3. The van der Waals surface area contributed by atoms with Gasteiger partial charge in [-0.1, -0.05) is 13.0 Å². The van der Waals surface area contributed by atoms with Crippen LogP contribution >= 0.6 is 0 Å². The van der Waals surface area contributed by atoms with Crippen LogP contribution in [0.1, 0.15) is 24.2 Å². The van der Waals surface area contributed by atoms with Crippen LogP contribution in [0.2, 0.25) is 0 Å². The van der Waals surface area contributed by atoms with Gasteiger partial charge in [0.15, 0.2) is 9.84 Å². The van der Waals surface area contributed by atoms with E-state index in [9.17, 15) is 13.2 Å². The van der Waals surface area contributed by atoms with Gasteiger partial charge in [-0.15, -0.1) is 0 Å². The van der Waals surface area contributed by atoms with Crippen LogP contribution in [0.4, 0.5) is 5.69 Å². The quantitative estimate of drug-likeness (QED) is 0.866. The number of nitrogens with one attached hydrogen (secondary N) is 1. The van der Waals surface area contributed by atoms with E-state index >= 15 is 0 Å². The van der Waals surface area contributed by atoms with Gasteiger partial charge in [-0.2, -0.15) is 0 Å². The van der Waals surface area contributed by atoms with Gasteiger partial charge in [0.2, 0.25) is 0 Å². The molecule has 0 saturated carbocycles. The fraction of sp³-hybridized carbons (Fsp3) is 0.500. The molecule has 20 heavy (non-hydrogen) atoms. The number of rotatable bonds is 6. The molecular weight excluding hydrogens is 276 g/mol. The number of hydrogen-bond acceptors (Lipinski definition) is 4. The van der Waals surface area contributed by atoms with Gasteiger partial charge in [-0.05, 0) is 25.1 Å². The average Bonchev–Trinajstić information content (AvgIpc) is 2.37. The fourth-order valence-corrected chi connectivity index (χ4v) is 2.91. The first-order valence-corrected chi connectivity index (χ1v) is 8.36. The van der Waals surface area contributed by atoms with Crippen LogP contribution < -0.4 is 5.32 Å². The van der Waals surface area contributed by atoms with Crippen molar-refractivity contribution in [2.45, 2.75) is 19.9 Å². The second kappa shape index (κ2) is 6.74. The maximum Gasteiger partial charge on any atom is 0.253 e. The van der Waals surface area contributed by atoms with E-state index in [2.05, 4.69) is 5.32 Å². The molecule has 1 N–H and O–H groups in total. The first-order valence-electron chi connectivity index (χ1n) is 6.54. The van der Waals surface area contributed by atoms with E-state index in [1.165, 1.54) is 4.90 Å². The molecule has 1 atom stereocenters. The van der Waals surface area contributed by atoms with Gasteiger partial charge >= 0.3 is 0 Å². The topological polar surface area (TPSA) is 66.5 Å². The Morgan fingerprint density at radius 2 is 2.00 bits per heavy atom. The lowest BCUT2D eigenvalue weighted by Gasteiger charge is -2.16. The maximum atomic E-state index is 11.9. The van der Waals surface area contributed by atoms with Crippen LogP contribution in [0.15, 0.2) is 24.3 Å². The van der Waals surface area contributed by atoms with Gasteiger partial charge in [0.25, 0.3) is 5.91 Å². The molecule has 0 saturated heterocycles. The summed E-state index contributed by atoms with van der Waals surface area (Å²) in [5, 5.41) is 3.12. The van der Waals surface area contributed by atoms with Gasteiger partial charge in [-0.25, -0.2) is 8.42 Å². The van der Waals surface area contributed by atoms with E-state index in [0.717, 1.165) is 5.69 Å². The van der Waals surface area contributed by atoms with E-state index in [1.807, 2.05) is 13.0 Å². The number of sulfone groups is 1. The van der Waals surface area contributed by atoms with Gasteiger partial charge in [-0.3, -0.25) is 4.79 Å². The lowest BCUT2D eigenvalue weighted by Crippen LogP contribution is -2.27. The van der Waals surface area contributed by atoms with Crippen molar-refractivity contribution in [1.82, 2.24) is 4.90 Å². The molecule has 0 aliphatic carbocycles. The minimum absolute atomic E-state index is 0.0787. The summed E-state index contributed by atoms with van der Waals surface area (Å²) in [6, 6.07) is 6.87. The molecule has 0 spiro atoms. The minimum Gasteiger partial charge on any atom is -0.382 e. The fourth-order valence-electron chi connectivity index (χ4n) is 1.83. The van der Waals surface area contributed by atoms with Crippen molar-refractivity contribution in [3.8, 4) is 0 Å². The Kier molecular flexibility index (Phi) is 5.56. The zero-order valence-electron chi connectivity index (χ0n) is 12.4. The first-order chi connectivity index (χ1) is 9.25. The average molecular weight is 298 g/mol. The molecule has 1 unspecified atom stereocenters. The summed E-state index contributed by atoms with van der Waals surface area (Å²) in [5.41, 5.74) is 1.32. The van der Waals surface area contributed by atoms with E-state index in [-0.39, 0.29) is 23.5 Å². The SMILES string of the molecule is CCS(=O)(=O)CC(C)Nc1cccc(C(=O)N(C)C)c1. The summed E-state index contributed by atoms with van der Waals surface area (Å²) in [4.78, 5) is 13.4. The Morgan fingerprint density at radius 1 is 1.35 bits per heavy atom. The summed E-state index contributed by atoms with van der Waals surface area (Å²) in [6.07, 6.45) is 0. The highest BCUT2D eigenvalue weighted by Crippen LogP contribution is 2.13. The third-order valence-corrected chi connectivity index (χ3v) is 4.76. The van der Waals surface area contributed by atoms with Crippen LogP contribution in [0, 0.1) is 0 Å². The number of amides is 1. The van der Waals surface area contributed by atoms with Crippen molar-refractivity contribution in [3.63, 3.8) is 0 Å². The van der Waals surface area contributed by atoms with Crippen LogP contribution in [0.5, 0.6) is 0 Å². The van der Waals surface area contributed by atoms with Gasteiger partial charge in [0.1, 0.15) is 0 Å². The second-order valence-electron chi connectivity index (χ2n) is 5.02. The first kappa shape index (κ1) is 16.5. The van der Waals surface area contributed by atoms with E-state index < -0.39 is 9.84 Å². The molecule has 0 fully saturated rings. The van der Waals surface area contributed by atoms with Crippen LogP contribution in [0.25, 0.3) is 0 Å². The molecule has 0 aromatic heterocycles. The Balaban J connectivity index is 2.79. The third-order valence-electron chi connectivity index (χ3n) is 2.87. The smallest absolute Gasteiger partial charge is 0.253 e. The monoisotopic (exact) mass is 298 g/mol. The normalized spacial score (nSPS) is 12.8. The molecule has 6 heteroatoms. The maximum absolute atomic E-state index is 11.9. The van der Waals surface area contributed by atoms with Crippen LogP contribution in [-0.2, 0) is 9.84 Å². The van der Waals surface area contributed by atoms with E-state index in [0.29, 0.717) is 5.56 Å². The van der Waals surface area contributed by atoms with E-state index in [1.54, 1.807) is 39.2 Å². The Labute approximate surface area is 120 Å². The van der Waals surface area contributed by atoms with Crippen molar-refractivity contribution < 1.29 is 13.2 Å². The highest BCUT2D eigenvalue weighted by Gasteiger charge is 2.14. The zero-order chi connectivity index (χ0) is 15.3. The number of carbonyl (C=O) groups is 1. The van der Waals surface area contributed by atoms with Gasteiger partial charge < -0.3 is 10.2 Å². The molecule has 1 rings (SSSR count). The number of hydrogen-bond donors (Lipinski definition) is 1. The molecule has 0 heterocycles. The molecule has 0 aliphatic rings. The van der Waals surface area contributed by atoms with Gasteiger partial charge in [0, 0.05) is 37.1 Å². The third kappa shape index (κ3) is 4.85. The molecule has 0 bridgehead atoms. The Hall–Kier alpha value is -1.56. The number of benzene rings is 1. The molecular formula is C14H22N2O3S. The van der Waals surface area contributed by atoms with Crippen molar-refractivity contribution in [3.05, 3.63) is 29.8 Å². The molecule has 0 aliphatic heterocycles. The predicted molar refractivity (Wildman–Crippen MR) is 81.9 cm³/mol. The van der Waals surface area contributed by atoms with Crippen molar-refractivity contribution in [2.75, 3.05) is 30.9 Å². The molecule has 1 aromatic rings. The van der Waals surface area contributed by atoms with Crippen molar-refractivity contribution in [1.29, 1.82) is 0 Å². The lowest BCUT2D eigenvalue weighted by atomic mass is 10.1. The highest BCUT2D eigenvalue weighted by atomic mass is 32.2. The largest absolute Gasteiger partial charge is 0.382 e. The van der Waals surface area contributed by atoms with Gasteiger partial charge in [0.05, 0.1) is 5.75 Å². The Bertz CT molecular complexity index is 568. The Morgan fingerprint density at radius 3 is 2.55 bits per heavy atom. The summed E-state index contributed by atoms with van der Waals surface area (Å²) >= 11 is 0. The zero-order valence-corrected chi connectivity index (χ0v) is 13.2. The molecule has 0 radical (unpaired) electrons. The second-order valence-corrected chi connectivity index (χ2v) is 7.42. The lowest BCUT2D eigenvalue weighted by molar-refractivity contribution is 0.0827. The summed E-state index contributed by atoms with van der Waals surface area (Å²) in [7, 11) is 0.370. The van der Waals surface area contributed by atoms with Crippen molar-refractivity contribution in [2.24, 2.45) is 0 Å². The molecule has 112 valence electrons. The van der Waals surface area contributed by atoms with E-state index in [4.69, 9.17) is 0 Å². The molecule has 1 amide bonds.